The van der Waals surface area contributed by atoms with Gasteiger partial charge in [0.15, 0.2) is 0 Å². The average molecular weight is 595 g/mol. The number of rotatable bonds is 14. The van der Waals surface area contributed by atoms with Gasteiger partial charge in [-0.05, 0) is 60.4 Å². The number of hydrogen-bond donors (Lipinski definition) is 5. The number of nitrogens with one attached hydrogen (secondary N) is 3. The van der Waals surface area contributed by atoms with Crippen molar-refractivity contribution >= 4 is 17.7 Å². The Morgan fingerprint density at radius 2 is 1.36 bits per heavy atom. The number of carbonyl (C=O) groups is 3. The van der Waals surface area contributed by atoms with Gasteiger partial charge in [0, 0.05) is 29.8 Å². The minimum atomic E-state index is -0.960. The molecule has 0 fully saturated rings. The quantitative estimate of drug-likeness (QED) is 0.150. The smallest absolute Gasteiger partial charge is 0.251 e. The molecule has 0 saturated heterocycles. The van der Waals surface area contributed by atoms with Gasteiger partial charge in [0.05, 0.1) is 25.3 Å². The molecule has 4 rings (SSSR count). The molecule has 3 atom stereocenters. The van der Waals surface area contributed by atoms with Gasteiger partial charge in [0.25, 0.3) is 11.8 Å². The van der Waals surface area contributed by atoms with E-state index >= 15 is 0 Å². The maximum atomic E-state index is 13.6. The first-order valence-corrected chi connectivity index (χ1v) is 14.4. The van der Waals surface area contributed by atoms with Crippen LogP contribution in [0.25, 0.3) is 0 Å². The standard InChI is InChI=1S/C35H38N4O5/c1-23(26-13-7-4-8-14-26)38-34(42)28-18-27(33(36)41)19-29(20-28)35(43)39-31(17-24-10-5-3-6-11-24)32(40)22-37-21-25-12-9-15-30(16-25)44-2/h3-16,18-20,23,31-32,37,40H,17,21-22H2,1-2H3,(H2,36,41)(H,38,42)(H,39,43)/t23-,31+,32-/m1/s1. The van der Waals surface area contributed by atoms with Crippen LogP contribution in [0.5, 0.6) is 5.75 Å². The first kappa shape index (κ1) is 31.9. The lowest BCUT2D eigenvalue weighted by atomic mass is 9.99. The molecule has 3 amide bonds. The number of primary amides is 1. The van der Waals surface area contributed by atoms with Gasteiger partial charge in [-0.2, -0.15) is 0 Å². The number of methoxy groups -OCH3 is 1. The molecule has 0 bridgehead atoms. The Kier molecular flexibility index (Phi) is 11.2. The molecule has 0 spiro atoms. The molecule has 4 aromatic carbocycles. The van der Waals surface area contributed by atoms with Gasteiger partial charge in [-0.3, -0.25) is 14.4 Å². The maximum absolute atomic E-state index is 13.6. The van der Waals surface area contributed by atoms with Crippen molar-refractivity contribution in [3.05, 3.63) is 137 Å². The highest BCUT2D eigenvalue weighted by atomic mass is 16.5. The third-order valence-corrected chi connectivity index (χ3v) is 7.29. The molecule has 6 N–H and O–H groups in total. The van der Waals surface area contributed by atoms with E-state index in [0.29, 0.717) is 13.0 Å². The zero-order valence-corrected chi connectivity index (χ0v) is 24.8. The van der Waals surface area contributed by atoms with Crippen molar-refractivity contribution in [3.8, 4) is 5.75 Å². The molecule has 4 aromatic rings. The number of hydrogen-bond acceptors (Lipinski definition) is 6. The molecule has 0 aromatic heterocycles. The Labute approximate surface area is 257 Å². The topological polar surface area (TPSA) is 143 Å². The molecule has 0 heterocycles. The summed E-state index contributed by atoms with van der Waals surface area (Å²) < 4.78 is 5.28. The summed E-state index contributed by atoms with van der Waals surface area (Å²) in [6, 6.07) is 29.7. The summed E-state index contributed by atoms with van der Waals surface area (Å²) >= 11 is 0. The van der Waals surface area contributed by atoms with Gasteiger partial charge in [0.1, 0.15) is 5.75 Å². The summed E-state index contributed by atoms with van der Waals surface area (Å²) in [5.74, 6) is -1.04. The van der Waals surface area contributed by atoms with E-state index in [-0.39, 0.29) is 29.3 Å². The van der Waals surface area contributed by atoms with Crippen LogP contribution in [-0.2, 0) is 13.0 Å². The van der Waals surface area contributed by atoms with Crippen molar-refractivity contribution in [2.45, 2.75) is 38.1 Å². The van der Waals surface area contributed by atoms with Crippen LogP contribution in [0.3, 0.4) is 0 Å². The summed E-state index contributed by atoms with van der Waals surface area (Å²) in [5, 5.41) is 20.3. The number of ether oxygens (including phenoxy) is 1. The lowest BCUT2D eigenvalue weighted by molar-refractivity contribution is 0.0830. The van der Waals surface area contributed by atoms with Gasteiger partial charge >= 0.3 is 0 Å². The van der Waals surface area contributed by atoms with Crippen molar-refractivity contribution in [3.63, 3.8) is 0 Å². The number of benzene rings is 4. The molecule has 0 radical (unpaired) electrons. The Hall–Kier alpha value is -4.99. The summed E-state index contributed by atoms with van der Waals surface area (Å²) in [4.78, 5) is 38.9. The summed E-state index contributed by atoms with van der Waals surface area (Å²) in [5.41, 5.74) is 8.59. The average Bonchev–Trinajstić information content (AvgIpc) is 3.05. The maximum Gasteiger partial charge on any atom is 0.251 e. The normalized spacial score (nSPS) is 12.9. The monoisotopic (exact) mass is 594 g/mol. The van der Waals surface area contributed by atoms with Crippen LogP contribution in [0.15, 0.2) is 103 Å². The van der Waals surface area contributed by atoms with Crippen LogP contribution >= 0.6 is 0 Å². The second-order valence-electron chi connectivity index (χ2n) is 10.6. The molecule has 44 heavy (non-hydrogen) atoms. The summed E-state index contributed by atoms with van der Waals surface area (Å²) in [6.07, 6.45) is -0.606. The third kappa shape index (κ3) is 9.00. The second-order valence-corrected chi connectivity index (χ2v) is 10.6. The van der Waals surface area contributed by atoms with Crippen LogP contribution in [0.4, 0.5) is 0 Å². The van der Waals surface area contributed by atoms with E-state index in [1.165, 1.54) is 18.2 Å². The number of carbonyl (C=O) groups excluding carboxylic acids is 3. The highest BCUT2D eigenvalue weighted by Crippen LogP contribution is 2.17. The molecule has 0 aliphatic heterocycles. The Bertz CT molecular complexity index is 1560. The van der Waals surface area contributed by atoms with Gasteiger partial charge < -0.3 is 31.5 Å². The van der Waals surface area contributed by atoms with Crippen LogP contribution < -0.4 is 26.4 Å². The fraction of sp³-hybridized carbons (Fsp3) is 0.229. The molecular formula is C35H38N4O5. The second kappa shape index (κ2) is 15.5. The molecule has 0 saturated carbocycles. The van der Waals surface area contributed by atoms with Gasteiger partial charge in [-0.15, -0.1) is 0 Å². The van der Waals surface area contributed by atoms with Gasteiger partial charge in [-0.1, -0.05) is 72.8 Å². The highest BCUT2D eigenvalue weighted by molar-refractivity contribution is 6.04. The lowest BCUT2D eigenvalue weighted by Gasteiger charge is -2.25. The van der Waals surface area contributed by atoms with E-state index in [0.717, 1.165) is 22.4 Å². The zero-order chi connectivity index (χ0) is 31.5. The van der Waals surface area contributed by atoms with E-state index in [4.69, 9.17) is 10.5 Å². The van der Waals surface area contributed by atoms with Crippen molar-refractivity contribution < 1.29 is 24.2 Å². The number of aliphatic hydroxyl groups excluding tert-OH is 1. The van der Waals surface area contributed by atoms with E-state index in [9.17, 15) is 19.5 Å². The largest absolute Gasteiger partial charge is 0.497 e. The molecule has 0 aliphatic rings. The zero-order valence-electron chi connectivity index (χ0n) is 24.8. The Morgan fingerprint density at radius 1 is 0.773 bits per heavy atom. The van der Waals surface area contributed by atoms with Crippen molar-refractivity contribution in [2.75, 3.05) is 13.7 Å². The predicted molar refractivity (Wildman–Crippen MR) is 169 cm³/mol. The molecule has 9 heteroatoms. The van der Waals surface area contributed by atoms with Crippen LogP contribution in [-0.4, -0.2) is 48.6 Å². The van der Waals surface area contributed by atoms with Crippen LogP contribution in [0.1, 0.15) is 60.7 Å². The van der Waals surface area contributed by atoms with Crippen LogP contribution in [0, 0.1) is 0 Å². The summed E-state index contributed by atoms with van der Waals surface area (Å²) in [6.45, 7) is 2.53. The van der Waals surface area contributed by atoms with E-state index < -0.39 is 29.9 Å². The Balaban J connectivity index is 1.51. The van der Waals surface area contributed by atoms with E-state index in [1.807, 2.05) is 91.9 Å². The van der Waals surface area contributed by atoms with Crippen molar-refractivity contribution in [1.82, 2.24) is 16.0 Å². The highest BCUT2D eigenvalue weighted by Gasteiger charge is 2.24. The van der Waals surface area contributed by atoms with Crippen molar-refractivity contribution in [2.24, 2.45) is 5.73 Å². The molecule has 228 valence electrons. The summed E-state index contributed by atoms with van der Waals surface area (Å²) in [7, 11) is 1.60. The van der Waals surface area contributed by atoms with Crippen LogP contribution in [0.2, 0.25) is 0 Å². The van der Waals surface area contributed by atoms with E-state index in [2.05, 4.69) is 16.0 Å². The fourth-order valence-electron chi connectivity index (χ4n) is 4.83. The molecule has 0 unspecified atom stereocenters. The fourth-order valence-corrected chi connectivity index (χ4v) is 4.83. The third-order valence-electron chi connectivity index (χ3n) is 7.29. The first-order chi connectivity index (χ1) is 21.2. The SMILES string of the molecule is COc1cccc(CNC[C@@H](O)[C@H](Cc2ccccc2)NC(=O)c2cc(C(N)=O)cc(C(=O)N[C@H](C)c3ccccc3)c2)c1. The molecule has 9 nitrogen and oxygen atoms in total. The first-order valence-electron chi connectivity index (χ1n) is 14.4. The Morgan fingerprint density at radius 3 is 2.00 bits per heavy atom. The minimum Gasteiger partial charge on any atom is -0.497 e. The molecule has 0 aliphatic carbocycles. The molecular weight excluding hydrogens is 556 g/mol. The van der Waals surface area contributed by atoms with E-state index in [1.54, 1.807) is 7.11 Å². The lowest BCUT2D eigenvalue weighted by Crippen LogP contribution is -2.48. The number of aliphatic hydroxyl groups is 1. The van der Waals surface area contributed by atoms with Gasteiger partial charge in [-0.25, -0.2) is 0 Å². The number of amides is 3. The predicted octanol–water partition coefficient (Wildman–Crippen LogP) is 3.78. The van der Waals surface area contributed by atoms with Gasteiger partial charge in [0.2, 0.25) is 5.91 Å². The minimum absolute atomic E-state index is 0.0234. The number of nitrogens with two attached hydrogens (primary N) is 1. The van der Waals surface area contributed by atoms with Crippen molar-refractivity contribution in [1.29, 1.82) is 0 Å².